The van der Waals surface area contributed by atoms with Crippen LogP contribution in [0.15, 0.2) is 0 Å². The molecule has 72 valence electrons. The minimum atomic E-state index is -0.451. The number of ketones is 1. The van der Waals surface area contributed by atoms with Gasteiger partial charge in [0.1, 0.15) is 5.78 Å². The van der Waals surface area contributed by atoms with Gasteiger partial charge in [-0.1, -0.05) is 27.2 Å². The number of aliphatic hydroxyl groups is 1. The van der Waals surface area contributed by atoms with Gasteiger partial charge in [-0.3, -0.25) is 4.79 Å². The first-order valence-corrected chi connectivity index (χ1v) is 4.69. The van der Waals surface area contributed by atoms with Crippen LogP contribution in [-0.4, -0.2) is 17.0 Å². The molecule has 0 aromatic carbocycles. The highest BCUT2D eigenvalue weighted by Crippen LogP contribution is 2.19. The van der Waals surface area contributed by atoms with Gasteiger partial charge in [0.25, 0.3) is 0 Å². The van der Waals surface area contributed by atoms with Crippen molar-refractivity contribution in [3.8, 4) is 0 Å². The van der Waals surface area contributed by atoms with E-state index in [1.54, 1.807) is 6.92 Å². The van der Waals surface area contributed by atoms with Crippen molar-refractivity contribution in [3.63, 3.8) is 0 Å². The van der Waals surface area contributed by atoms with Crippen LogP contribution in [0.1, 0.15) is 40.5 Å². The zero-order valence-corrected chi connectivity index (χ0v) is 8.50. The molecule has 2 heteroatoms. The predicted molar refractivity (Wildman–Crippen MR) is 49.9 cm³/mol. The van der Waals surface area contributed by atoms with Gasteiger partial charge in [0.05, 0.1) is 6.10 Å². The first kappa shape index (κ1) is 11.6. The van der Waals surface area contributed by atoms with Crippen LogP contribution >= 0.6 is 0 Å². The van der Waals surface area contributed by atoms with Crippen molar-refractivity contribution in [2.45, 2.75) is 46.6 Å². The number of hydrogen-bond acceptors (Lipinski definition) is 2. The van der Waals surface area contributed by atoms with Crippen molar-refractivity contribution in [2.75, 3.05) is 0 Å². The Kier molecular flexibility index (Phi) is 5.14. The van der Waals surface area contributed by atoms with Gasteiger partial charge >= 0.3 is 0 Å². The molecule has 0 aliphatic carbocycles. The van der Waals surface area contributed by atoms with Gasteiger partial charge in [0, 0.05) is 5.92 Å². The third-order valence-corrected chi connectivity index (χ3v) is 2.19. The Labute approximate surface area is 75.0 Å². The Morgan fingerprint density at radius 1 is 1.42 bits per heavy atom. The van der Waals surface area contributed by atoms with Crippen LogP contribution in [0.4, 0.5) is 0 Å². The van der Waals surface area contributed by atoms with Crippen LogP contribution in [-0.2, 0) is 4.79 Å². The molecule has 0 rings (SSSR count). The summed E-state index contributed by atoms with van der Waals surface area (Å²) in [5.41, 5.74) is 0. The van der Waals surface area contributed by atoms with Gasteiger partial charge in [-0.25, -0.2) is 0 Å². The Morgan fingerprint density at radius 3 is 2.17 bits per heavy atom. The molecule has 0 aliphatic heterocycles. The maximum atomic E-state index is 11.1. The third kappa shape index (κ3) is 3.35. The van der Waals surface area contributed by atoms with Crippen molar-refractivity contribution >= 4 is 5.78 Å². The van der Waals surface area contributed by atoms with E-state index in [-0.39, 0.29) is 17.6 Å². The van der Waals surface area contributed by atoms with Gasteiger partial charge in [-0.05, 0) is 19.3 Å². The largest absolute Gasteiger partial charge is 0.392 e. The van der Waals surface area contributed by atoms with E-state index in [0.717, 1.165) is 12.8 Å². The molecule has 2 nitrogen and oxygen atoms in total. The summed E-state index contributed by atoms with van der Waals surface area (Å²) in [6.07, 6.45) is 1.20. The van der Waals surface area contributed by atoms with Crippen LogP contribution < -0.4 is 0 Å². The van der Waals surface area contributed by atoms with E-state index in [2.05, 4.69) is 0 Å². The zero-order chi connectivity index (χ0) is 9.72. The highest BCUT2D eigenvalue weighted by atomic mass is 16.3. The summed E-state index contributed by atoms with van der Waals surface area (Å²) >= 11 is 0. The Bertz CT molecular complexity index is 141. The second kappa shape index (κ2) is 5.31. The molecule has 2 atom stereocenters. The molecule has 0 spiro atoms. The van der Waals surface area contributed by atoms with Gasteiger partial charge in [0.15, 0.2) is 0 Å². The van der Waals surface area contributed by atoms with Crippen LogP contribution in [0.25, 0.3) is 0 Å². The first-order chi connectivity index (χ1) is 5.50. The van der Waals surface area contributed by atoms with Crippen molar-refractivity contribution in [2.24, 2.45) is 11.8 Å². The molecule has 0 saturated carbocycles. The maximum absolute atomic E-state index is 11.1. The number of Topliss-reactive ketones (excluding diaryl/α,β-unsaturated/α-hetero) is 1. The number of carbonyl (C=O) groups is 1. The first-order valence-electron chi connectivity index (χ1n) is 4.69. The SMILES string of the molecule is CCCC(O)C(C(C)=O)C(C)C. The van der Waals surface area contributed by atoms with Gasteiger partial charge in [-0.2, -0.15) is 0 Å². The van der Waals surface area contributed by atoms with E-state index in [9.17, 15) is 9.90 Å². The summed E-state index contributed by atoms with van der Waals surface area (Å²) in [7, 11) is 0. The minimum absolute atomic E-state index is 0.103. The quantitative estimate of drug-likeness (QED) is 0.688. The number of hydrogen-bond donors (Lipinski definition) is 1. The van der Waals surface area contributed by atoms with Crippen molar-refractivity contribution in [1.82, 2.24) is 0 Å². The van der Waals surface area contributed by atoms with Gasteiger partial charge < -0.3 is 5.11 Å². The Balaban J connectivity index is 4.19. The highest BCUT2D eigenvalue weighted by Gasteiger charge is 2.25. The number of carbonyl (C=O) groups excluding carboxylic acids is 1. The summed E-state index contributed by atoms with van der Waals surface area (Å²) in [5, 5.41) is 9.63. The fourth-order valence-corrected chi connectivity index (χ4v) is 1.66. The smallest absolute Gasteiger partial charge is 0.135 e. The standard InChI is InChI=1S/C10H20O2/c1-5-6-9(12)10(7(2)3)8(4)11/h7,9-10,12H,5-6H2,1-4H3. The fourth-order valence-electron chi connectivity index (χ4n) is 1.66. The molecule has 1 N–H and O–H groups in total. The molecule has 0 radical (unpaired) electrons. The average molecular weight is 172 g/mol. The van der Waals surface area contributed by atoms with E-state index in [4.69, 9.17) is 0 Å². The lowest BCUT2D eigenvalue weighted by Gasteiger charge is -2.23. The van der Waals surface area contributed by atoms with Crippen LogP contribution in [0.5, 0.6) is 0 Å². The number of rotatable bonds is 5. The van der Waals surface area contributed by atoms with Crippen molar-refractivity contribution in [1.29, 1.82) is 0 Å². The second-order valence-corrected chi connectivity index (χ2v) is 3.74. The second-order valence-electron chi connectivity index (χ2n) is 3.74. The minimum Gasteiger partial charge on any atom is -0.392 e. The molecule has 0 heterocycles. The monoisotopic (exact) mass is 172 g/mol. The lowest BCUT2D eigenvalue weighted by atomic mass is 9.85. The summed E-state index contributed by atoms with van der Waals surface area (Å²) in [4.78, 5) is 11.1. The topological polar surface area (TPSA) is 37.3 Å². The third-order valence-electron chi connectivity index (χ3n) is 2.19. The van der Waals surface area contributed by atoms with E-state index < -0.39 is 6.10 Å². The van der Waals surface area contributed by atoms with Crippen molar-refractivity contribution in [3.05, 3.63) is 0 Å². The molecule has 0 saturated heterocycles. The molecule has 0 aromatic rings. The molecular formula is C10H20O2. The summed E-state index contributed by atoms with van der Waals surface area (Å²) in [6, 6.07) is 0. The molecular weight excluding hydrogens is 152 g/mol. The maximum Gasteiger partial charge on any atom is 0.135 e. The van der Waals surface area contributed by atoms with Crippen LogP contribution in [0.2, 0.25) is 0 Å². The lowest BCUT2D eigenvalue weighted by molar-refractivity contribution is -0.126. The number of aliphatic hydroxyl groups excluding tert-OH is 1. The zero-order valence-electron chi connectivity index (χ0n) is 8.50. The molecule has 0 aliphatic rings. The van der Waals surface area contributed by atoms with Crippen molar-refractivity contribution < 1.29 is 9.90 Å². The van der Waals surface area contributed by atoms with E-state index in [0.29, 0.717) is 0 Å². The summed E-state index contributed by atoms with van der Waals surface area (Å²) < 4.78 is 0. The summed E-state index contributed by atoms with van der Waals surface area (Å²) in [6.45, 7) is 7.53. The van der Waals surface area contributed by atoms with E-state index in [1.807, 2.05) is 20.8 Å². The normalized spacial score (nSPS) is 16.2. The Hall–Kier alpha value is -0.370. The molecule has 2 unspecified atom stereocenters. The summed E-state index contributed by atoms with van der Waals surface area (Å²) in [5.74, 6) is 0.167. The van der Waals surface area contributed by atoms with E-state index >= 15 is 0 Å². The van der Waals surface area contributed by atoms with Crippen LogP contribution in [0.3, 0.4) is 0 Å². The molecule has 0 bridgehead atoms. The lowest BCUT2D eigenvalue weighted by Crippen LogP contribution is -2.30. The fraction of sp³-hybridized carbons (Fsp3) is 0.900. The highest BCUT2D eigenvalue weighted by molar-refractivity contribution is 5.79. The predicted octanol–water partition coefficient (Wildman–Crippen LogP) is 2.01. The average Bonchev–Trinajstić information content (AvgIpc) is 1.85. The molecule has 0 aromatic heterocycles. The van der Waals surface area contributed by atoms with Gasteiger partial charge in [-0.15, -0.1) is 0 Å². The molecule has 0 fully saturated rings. The van der Waals surface area contributed by atoms with Gasteiger partial charge in [0.2, 0.25) is 0 Å². The van der Waals surface area contributed by atoms with E-state index in [1.165, 1.54) is 0 Å². The Morgan fingerprint density at radius 2 is 1.92 bits per heavy atom. The molecule has 12 heavy (non-hydrogen) atoms. The van der Waals surface area contributed by atoms with Crippen LogP contribution in [0, 0.1) is 11.8 Å². The molecule has 0 amide bonds.